The van der Waals surface area contributed by atoms with Gasteiger partial charge in [0.1, 0.15) is 5.54 Å². The number of hydrogen-bond acceptors (Lipinski definition) is 4. The van der Waals surface area contributed by atoms with E-state index in [1.165, 1.54) is 4.90 Å². The summed E-state index contributed by atoms with van der Waals surface area (Å²) >= 11 is 0. The third-order valence-electron chi connectivity index (χ3n) is 4.34. The Balaban J connectivity index is 2.10. The second-order valence-corrected chi connectivity index (χ2v) is 5.58. The summed E-state index contributed by atoms with van der Waals surface area (Å²) in [6.45, 7) is 2.82. The Morgan fingerprint density at radius 2 is 2.16 bits per heavy atom. The molecule has 108 valence electrons. The van der Waals surface area contributed by atoms with Crippen LogP contribution in [0.1, 0.15) is 32.6 Å². The van der Waals surface area contributed by atoms with Crippen LogP contribution in [0.15, 0.2) is 0 Å². The van der Waals surface area contributed by atoms with Crippen LogP contribution in [0.3, 0.4) is 0 Å². The lowest BCUT2D eigenvalue weighted by atomic mass is 9.87. The van der Waals surface area contributed by atoms with Gasteiger partial charge in [-0.1, -0.05) is 0 Å². The molecule has 0 aromatic carbocycles. The molecule has 6 heteroatoms. The van der Waals surface area contributed by atoms with Gasteiger partial charge in [-0.15, -0.1) is 0 Å². The van der Waals surface area contributed by atoms with Crippen molar-refractivity contribution in [2.45, 2.75) is 50.3 Å². The zero-order chi connectivity index (χ0) is 14.0. The van der Waals surface area contributed by atoms with E-state index >= 15 is 0 Å². The number of aliphatic carboxylic acids is 1. The largest absolute Gasteiger partial charge is 0.480 e. The quantitative estimate of drug-likeness (QED) is 0.767. The molecule has 2 fully saturated rings. The van der Waals surface area contributed by atoms with Crippen molar-refractivity contribution in [3.05, 3.63) is 0 Å². The van der Waals surface area contributed by atoms with Gasteiger partial charge in [0.2, 0.25) is 5.91 Å². The van der Waals surface area contributed by atoms with Crippen molar-refractivity contribution in [2.75, 3.05) is 20.2 Å². The minimum absolute atomic E-state index is 0.0369. The van der Waals surface area contributed by atoms with Gasteiger partial charge in [0.15, 0.2) is 0 Å². The predicted octanol–water partition coefficient (Wildman–Crippen LogP) is 0.219. The Hall–Kier alpha value is -1.14. The summed E-state index contributed by atoms with van der Waals surface area (Å²) in [5, 5.41) is 12.5. The molecule has 2 heterocycles. The van der Waals surface area contributed by atoms with Crippen LogP contribution in [0, 0.1) is 0 Å². The Labute approximate surface area is 113 Å². The molecule has 6 nitrogen and oxygen atoms in total. The third-order valence-corrected chi connectivity index (χ3v) is 4.34. The van der Waals surface area contributed by atoms with Crippen LogP contribution >= 0.6 is 0 Å². The molecule has 2 aliphatic heterocycles. The molecule has 0 spiro atoms. The van der Waals surface area contributed by atoms with E-state index in [1.807, 2.05) is 0 Å². The van der Waals surface area contributed by atoms with Gasteiger partial charge >= 0.3 is 5.97 Å². The monoisotopic (exact) mass is 270 g/mol. The number of amides is 1. The number of likely N-dealkylation sites (tertiary alicyclic amines) is 1. The second-order valence-electron chi connectivity index (χ2n) is 5.58. The smallest absolute Gasteiger partial charge is 0.329 e. The lowest BCUT2D eigenvalue weighted by Crippen LogP contribution is -2.60. The number of carboxylic acid groups (broad SMARTS) is 1. The van der Waals surface area contributed by atoms with E-state index in [0.717, 1.165) is 12.8 Å². The van der Waals surface area contributed by atoms with Gasteiger partial charge in [-0.05, 0) is 32.6 Å². The second kappa shape index (κ2) is 5.46. The zero-order valence-corrected chi connectivity index (χ0v) is 11.5. The number of nitrogens with zero attached hydrogens (tertiary/aromatic N) is 1. The molecule has 2 rings (SSSR count). The summed E-state index contributed by atoms with van der Waals surface area (Å²) in [6.07, 6.45) is 2.89. The van der Waals surface area contributed by atoms with Gasteiger partial charge in [-0.25, -0.2) is 4.79 Å². The fraction of sp³-hybridized carbons (Fsp3) is 0.846. The van der Waals surface area contributed by atoms with E-state index in [4.69, 9.17) is 4.74 Å². The number of ether oxygens (including phenoxy) is 1. The maximum Gasteiger partial charge on any atom is 0.329 e. The fourth-order valence-electron chi connectivity index (χ4n) is 2.96. The van der Waals surface area contributed by atoms with Crippen molar-refractivity contribution in [1.29, 1.82) is 0 Å². The number of nitrogens with one attached hydrogen (secondary N) is 1. The summed E-state index contributed by atoms with van der Waals surface area (Å²) in [5.74, 6) is -1.02. The van der Waals surface area contributed by atoms with Crippen LogP contribution in [0.25, 0.3) is 0 Å². The highest BCUT2D eigenvalue weighted by atomic mass is 16.5. The standard InChI is InChI=1S/C13H22N2O4/c1-13(12(17)18)5-3-4-6-15(13)11(16)10-7-9(19-2)8-14-10/h9-10,14H,3-8H2,1-2H3,(H,17,18). The minimum atomic E-state index is -1.07. The summed E-state index contributed by atoms with van der Waals surface area (Å²) in [6, 6.07) is -0.318. The molecule has 1 amide bonds. The van der Waals surface area contributed by atoms with E-state index in [9.17, 15) is 14.7 Å². The van der Waals surface area contributed by atoms with Crippen molar-refractivity contribution in [3.8, 4) is 0 Å². The van der Waals surface area contributed by atoms with Gasteiger partial charge in [0, 0.05) is 20.2 Å². The first-order chi connectivity index (χ1) is 8.99. The number of piperidine rings is 1. The van der Waals surface area contributed by atoms with E-state index in [-0.39, 0.29) is 18.1 Å². The number of hydrogen-bond donors (Lipinski definition) is 2. The first-order valence-electron chi connectivity index (χ1n) is 6.80. The maximum absolute atomic E-state index is 12.5. The van der Waals surface area contributed by atoms with Gasteiger partial charge in [-0.3, -0.25) is 4.79 Å². The molecule has 2 N–H and O–H groups in total. The van der Waals surface area contributed by atoms with Gasteiger partial charge in [0.25, 0.3) is 0 Å². The molecular weight excluding hydrogens is 248 g/mol. The lowest BCUT2D eigenvalue weighted by Gasteiger charge is -2.42. The highest BCUT2D eigenvalue weighted by Gasteiger charge is 2.46. The van der Waals surface area contributed by atoms with E-state index in [1.54, 1.807) is 14.0 Å². The molecule has 0 aromatic rings. The van der Waals surface area contributed by atoms with Gasteiger partial charge in [-0.2, -0.15) is 0 Å². The molecular formula is C13H22N2O4. The van der Waals surface area contributed by atoms with E-state index < -0.39 is 11.5 Å². The molecule has 0 saturated carbocycles. The normalized spacial score (nSPS) is 35.4. The highest BCUT2D eigenvalue weighted by Crippen LogP contribution is 2.29. The lowest BCUT2D eigenvalue weighted by molar-refractivity contribution is -0.161. The molecule has 0 aromatic heterocycles. The molecule has 3 unspecified atom stereocenters. The van der Waals surface area contributed by atoms with Crippen LogP contribution < -0.4 is 5.32 Å². The Kier molecular flexibility index (Phi) is 4.10. The number of carbonyl (C=O) groups is 2. The van der Waals surface area contributed by atoms with Crippen LogP contribution in [-0.2, 0) is 14.3 Å². The first kappa shape index (κ1) is 14.3. The van der Waals surface area contributed by atoms with Crippen LogP contribution in [-0.4, -0.2) is 59.8 Å². The van der Waals surface area contributed by atoms with Crippen LogP contribution in [0.4, 0.5) is 0 Å². The Morgan fingerprint density at radius 1 is 1.42 bits per heavy atom. The average Bonchev–Trinajstić information content (AvgIpc) is 2.87. The average molecular weight is 270 g/mol. The Bertz CT molecular complexity index is 374. The summed E-state index contributed by atoms with van der Waals surface area (Å²) < 4.78 is 5.23. The zero-order valence-electron chi connectivity index (χ0n) is 11.5. The van der Waals surface area contributed by atoms with E-state index in [0.29, 0.717) is 25.9 Å². The number of rotatable bonds is 3. The highest BCUT2D eigenvalue weighted by molar-refractivity contribution is 5.89. The predicted molar refractivity (Wildman–Crippen MR) is 68.8 cm³/mol. The van der Waals surface area contributed by atoms with E-state index in [2.05, 4.69) is 5.32 Å². The topological polar surface area (TPSA) is 78.9 Å². The molecule has 19 heavy (non-hydrogen) atoms. The number of methoxy groups -OCH3 is 1. The van der Waals surface area contributed by atoms with Gasteiger partial charge in [0.05, 0.1) is 12.1 Å². The molecule has 2 saturated heterocycles. The number of carbonyl (C=O) groups excluding carboxylic acids is 1. The first-order valence-corrected chi connectivity index (χ1v) is 6.80. The minimum Gasteiger partial charge on any atom is -0.480 e. The van der Waals surface area contributed by atoms with Crippen LogP contribution in [0.5, 0.6) is 0 Å². The molecule has 3 atom stereocenters. The fourth-order valence-corrected chi connectivity index (χ4v) is 2.96. The molecule has 0 radical (unpaired) electrons. The van der Waals surface area contributed by atoms with Crippen molar-refractivity contribution >= 4 is 11.9 Å². The van der Waals surface area contributed by atoms with Crippen molar-refractivity contribution in [1.82, 2.24) is 10.2 Å². The summed E-state index contributed by atoms with van der Waals surface area (Å²) in [4.78, 5) is 25.6. The summed E-state index contributed by atoms with van der Waals surface area (Å²) in [7, 11) is 1.63. The van der Waals surface area contributed by atoms with Crippen molar-refractivity contribution in [3.63, 3.8) is 0 Å². The van der Waals surface area contributed by atoms with Crippen molar-refractivity contribution < 1.29 is 19.4 Å². The van der Waals surface area contributed by atoms with Crippen LogP contribution in [0.2, 0.25) is 0 Å². The maximum atomic E-state index is 12.5. The Morgan fingerprint density at radius 3 is 2.74 bits per heavy atom. The molecule has 2 aliphatic rings. The van der Waals surface area contributed by atoms with Crippen molar-refractivity contribution in [2.24, 2.45) is 0 Å². The molecule has 0 aliphatic carbocycles. The molecule has 0 bridgehead atoms. The van der Waals surface area contributed by atoms with Gasteiger partial charge < -0.3 is 20.1 Å². The number of carboxylic acids is 1. The summed E-state index contributed by atoms with van der Waals surface area (Å²) in [5.41, 5.74) is -1.07. The SMILES string of the molecule is COC1CNC(C(=O)N2CCCCC2(C)C(=O)O)C1. The third kappa shape index (κ3) is 2.60.